The quantitative estimate of drug-likeness (QED) is 0.851. The molecule has 0 aromatic carbocycles. The van der Waals surface area contributed by atoms with Crippen molar-refractivity contribution in [3.05, 3.63) is 12.4 Å². The van der Waals surface area contributed by atoms with Crippen LogP contribution in [0.5, 0.6) is 0 Å². The fraction of sp³-hybridized carbons (Fsp3) is 0.692. The first kappa shape index (κ1) is 13.1. The summed E-state index contributed by atoms with van der Waals surface area (Å²) >= 11 is 0. The van der Waals surface area contributed by atoms with E-state index in [1.807, 2.05) is 13.0 Å². The van der Waals surface area contributed by atoms with Crippen molar-refractivity contribution in [1.82, 2.24) is 9.97 Å². The molecule has 0 amide bonds. The molecule has 0 saturated carbocycles. The van der Waals surface area contributed by atoms with Gasteiger partial charge < -0.3 is 15.3 Å². The lowest BCUT2D eigenvalue weighted by atomic mass is 9.95. The molecule has 0 spiro atoms. The van der Waals surface area contributed by atoms with Gasteiger partial charge in [0, 0.05) is 25.7 Å². The molecule has 2 rings (SSSR count). The van der Waals surface area contributed by atoms with E-state index >= 15 is 0 Å². The summed E-state index contributed by atoms with van der Waals surface area (Å²) in [5.74, 6) is 1.75. The number of nitrogens with one attached hydrogen (secondary N) is 1. The van der Waals surface area contributed by atoms with Crippen molar-refractivity contribution in [2.75, 3.05) is 29.9 Å². The lowest BCUT2D eigenvalue weighted by Crippen LogP contribution is -2.46. The molecule has 5 nitrogen and oxygen atoms in total. The third-order valence-corrected chi connectivity index (χ3v) is 3.21. The Hall–Kier alpha value is -1.36. The molecule has 18 heavy (non-hydrogen) atoms. The predicted octanol–water partition coefficient (Wildman–Crippen LogP) is 1.65. The van der Waals surface area contributed by atoms with Crippen molar-refractivity contribution >= 4 is 11.6 Å². The summed E-state index contributed by atoms with van der Waals surface area (Å²) in [6.45, 7) is 6.50. The van der Waals surface area contributed by atoms with Crippen LogP contribution >= 0.6 is 0 Å². The third-order valence-electron chi connectivity index (χ3n) is 3.21. The number of rotatable bonds is 4. The normalized spacial score (nSPS) is 24.1. The largest absolute Gasteiger partial charge is 0.388 e. The number of hydrogen-bond donors (Lipinski definition) is 2. The minimum absolute atomic E-state index is 0.611. The maximum Gasteiger partial charge on any atom is 0.134 e. The van der Waals surface area contributed by atoms with Gasteiger partial charge >= 0.3 is 0 Å². The maximum atomic E-state index is 10.1. The van der Waals surface area contributed by atoms with Crippen LogP contribution < -0.4 is 10.2 Å². The van der Waals surface area contributed by atoms with Crippen molar-refractivity contribution < 1.29 is 5.11 Å². The number of anilines is 2. The number of aliphatic hydroxyl groups is 1. The highest BCUT2D eigenvalue weighted by molar-refractivity contribution is 5.49. The zero-order valence-electron chi connectivity index (χ0n) is 11.2. The predicted molar refractivity (Wildman–Crippen MR) is 72.9 cm³/mol. The monoisotopic (exact) mass is 250 g/mol. The van der Waals surface area contributed by atoms with Gasteiger partial charge in [0.25, 0.3) is 0 Å². The van der Waals surface area contributed by atoms with E-state index in [0.717, 1.165) is 44.0 Å². The molecule has 1 saturated heterocycles. The summed E-state index contributed by atoms with van der Waals surface area (Å²) < 4.78 is 0. The molecule has 1 aliphatic rings. The van der Waals surface area contributed by atoms with Crippen LogP contribution in [-0.4, -0.2) is 40.3 Å². The highest BCUT2D eigenvalue weighted by Gasteiger charge is 2.29. The molecular weight excluding hydrogens is 228 g/mol. The van der Waals surface area contributed by atoms with E-state index in [2.05, 4.69) is 27.1 Å². The topological polar surface area (TPSA) is 61.3 Å². The van der Waals surface area contributed by atoms with Crippen LogP contribution in [0.25, 0.3) is 0 Å². The lowest BCUT2D eigenvalue weighted by molar-refractivity contribution is 0.0447. The average Bonchev–Trinajstić information content (AvgIpc) is 2.35. The van der Waals surface area contributed by atoms with Crippen LogP contribution in [-0.2, 0) is 0 Å². The second-order valence-electron chi connectivity index (χ2n) is 5.21. The van der Waals surface area contributed by atoms with Crippen LogP contribution in [0.3, 0.4) is 0 Å². The van der Waals surface area contributed by atoms with E-state index in [4.69, 9.17) is 0 Å². The number of hydrogen-bond acceptors (Lipinski definition) is 5. The minimum Gasteiger partial charge on any atom is -0.388 e. The number of piperidine rings is 1. The summed E-state index contributed by atoms with van der Waals surface area (Å²) in [6, 6.07) is 1.96. The molecule has 1 atom stereocenters. The van der Waals surface area contributed by atoms with Crippen LogP contribution in [0.4, 0.5) is 11.6 Å². The van der Waals surface area contributed by atoms with Crippen molar-refractivity contribution in [2.45, 2.75) is 38.7 Å². The highest BCUT2D eigenvalue weighted by atomic mass is 16.3. The van der Waals surface area contributed by atoms with Gasteiger partial charge in [-0.15, -0.1) is 0 Å². The van der Waals surface area contributed by atoms with Gasteiger partial charge in [0.2, 0.25) is 0 Å². The number of nitrogens with zero attached hydrogens (tertiary/aromatic N) is 3. The highest BCUT2D eigenvalue weighted by Crippen LogP contribution is 2.24. The van der Waals surface area contributed by atoms with Crippen LogP contribution in [0, 0.1) is 0 Å². The zero-order valence-corrected chi connectivity index (χ0v) is 11.2. The smallest absolute Gasteiger partial charge is 0.134 e. The third kappa shape index (κ3) is 3.32. The van der Waals surface area contributed by atoms with E-state index in [0.29, 0.717) is 6.54 Å². The van der Waals surface area contributed by atoms with E-state index in [-0.39, 0.29) is 0 Å². The second kappa shape index (κ2) is 5.52. The van der Waals surface area contributed by atoms with E-state index in [1.54, 1.807) is 6.33 Å². The Balaban J connectivity index is 2.07. The van der Waals surface area contributed by atoms with Crippen molar-refractivity contribution in [1.29, 1.82) is 0 Å². The van der Waals surface area contributed by atoms with Gasteiger partial charge in [0.1, 0.15) is 18.0 Å². The Labute approximate surface area is 108 Å². The van der Waals surface area contributed by atoms with Crippen molar-refractivity contribution in [3.8, 4) is 0 Å². The average molecular weight is 250 g/mol. The Morgan fingerprint density at radius 2 is 2.33 bits per heavy atom. The van der Waals surface area contributed by atoms with Gasteiger partial charge in [-0.3, -0.25) is 0 Å². The molecule has 1 aliphatic heterocycles. The first-order valence-electron chi connectivity index (χ1n) is 6.64. The van der Waals surface area contributed by atoms with Crippen LogP contribution in [0.15, 0.2) is 12.4 Å². The van der Waals surface area contributed by atoms with Gasteiger partial charge in [-0.25, -0.2) is 9.97 Å². The summed E-state index contributed by atoms with van der Waals surface area (Å²) in [6.07, 6.45) is 4.50. The zero-order chi connectivity index (χ0) is 13.0. The molecule has 1 aromatic heterocycles. The maximum absolute atomic E-state index is 10.1. The molecule has 100 valence electrons. The Kier molecular flexibility index (Phi) is 4.01. The summed E-state index contributed by atoms with van der Waals surface area (Å²) in [4.78, 5) is 10.6. The van der Waals surface area contributed by atoms with Crippen LogP contribution in [0.2, 0.25) is 0 Å². The van der Waals surface area contributed by atoms with Gasteiger partial charge in [0.15, 0.2) is 0 Å². The fourth-order valence-electron chi connectivity index (χ4n) is 2.29. The van der Waals surface area contributed by atoms with Gasteiger partial charge in [-0.1, -0.05) is 6.92 Å². The minimum atomic E-state index is -0.611. The Morgan fingerprint density at radius 1 is 1.50 bits per heavy atom. The number of β-amino-alcohol motifs (C(OH)–C–C–N with tert-alkyl or cyclic N) is 1. The van der Waals surface area contributed by atoms with E-state index < -0.39 is 5.60 Å². The number of aromatic nitrogens is 2. The molecule has 5 heteroatoms. The SMILES string of the molecule is CCCNc1cc(N2CCCC(C)(O)C2)ncn1. The van der Waals surface area contributed by atoms with Gasteiger partial charge in [-0.2, -0.15) is 0 Å². The summed E-state index contributed by atoms with van der Waals surface area (Å²) in [5, 5.41) is 13.4. The summed E-state index contributed by atoms with van der Waals surface area (Å²) in [7, 11) is 0. The molecule has 0 bridgehead atoms. The Bertz CT molecular complexity index is 394. The van der Waals surface area contributed by atoms with Crippen molar-refractivity contribution in [2.24, 2.45) is 0 Å². The fourth-order valence-corrected chi connectivity index (χ4v) is 2.29. The molecule has 1 aromatic rings. The molecule has 2 heterocycles. The standard InChI is InChI=1S/C13H22N4O/c1-3-6-14-11-8-12(16-10-15-11)17-7-4-5-13(2,18)9-17/h8,10,18H,3-7,9H2,1-2H3,(H,14,15,16). The molecule has 1 fully saturated rings. The molecule has 0 radical (unpaired) electrons. The molecule has 0 aliphatic carbocycles. The van der Waals surface area contributed by atoms with Crippen LogP contribution in [0.1, 0.15) is 33.1 Å². The second-order valence-corrected chi connectivity index (χ2v) is 5.21. The summed E-state index contributed by atoms with van der Waals surface area (Å²) in [5.41, 5.74) is -0.611. The first-order chi connectivity index (χ1) is 8.61. The molecule has 1 unspecified atom stereocenters. The lowest BCUT2D eigenvalue weighted by Gasteiger charge is -2.37. The molecular formula is C13H22N4O. The molecule has 2 N–H and O–H groups in total. The Morgan fingerprint density at radius 3 is 3.06 bits per heavy atom. The van der Waals surface area contributed by atoms with Gasteiger partial charge in [0.05, 0.1) is 5.60 Å². The van der Waals surface area contributed by atoms with E-state index in [9.17, 15) is 5.11 Å². The van der Waals surface area contributed by atoms with Crippen molar-refractivity contribution in [3.63, 3.8) is 0 Å². The van der Waals surface area contributed by atoms with E-state index in [1.165, 1.54) is 0 Å². The first-order valence-corrected chi connectivity index (χ1v) is 6.64. The van der Waals surface area contributed by atoms with Gasteiger partial charge in [-0.05, 0) is 26.2 Å².